The van der Waals surface area contributed by atoms with Crippen LogP contribution in [-0.4, -0.2) is 17.5 Å². The number of nitrogens with one attached hydrogen (secondary N) is 2. The number of aromatic nitrogens is 1. The van der Waals surface area contributed by atoms with Crippen LogP contribution in [0.2, 0.25) is 0 Å². The summed E-state index contributed by atoms with van der Waals surface area (Å²) in [5, 5.41) is 5.17. The summed E-state index contributed by atoms with van der Waals surface area (Å²) in [5.41, 5.74) is 1.06. The molecule has 2 N–H and O–H groups in total. The third kappa shape index (κ3) is 1.23. The molecule has 4 heteroatoms. The minimum Gasteiger partial charge on any atom is -0.316 e. The Morgan fingerprint density at radius 1 is 1.64 bits per heavy atom. The Labute approximate surface area is 68.6 Å². The molecule has 0 radical (unpaired) electrons. The maximum atomic E-state index is 11.1. The third-order valence-corrected chi connectivity index (χ3v) is 2.77. The molecule has 1 aliphatic heterocycles. The molecule has 1 aromatic rings. The van der Waals surface area contributed by atoms with E-state index in [4.69, 9.17) is 0 Å². The van der Waals surface area contributed by atoms with E-state index in [1.807, 2.05) is 5.38 Å². The van der Waals surface area contributed by atoms with Crippen LogP contribution >= 0.6 is 11.5 Å². The van der Waals surface area contributed by atoms with E-state index in [-0.39, 0.29) is 5.56 Å². The summed E-state index contributed by atoms with van der Waals surface area (Å²) in [7, 11) is 0. The lowest BCUT2D eigenvalue weighted by molar-refractivity contribution is 0.758. The molecule has 0 bridgehead atoms. The van der Waals surface area contributed by atoms with E-state index < -0.39 is 0 Å². The smallest absolute Gasteiger partial charge is 0.261 e. The fraction of sp³-hybridized carbons (Fsp3) is 0.571. The molecule has 60 valence electrons. The topological polar surface area (TPSA) is 44.9 Å². The molecule has 0 aromatic carbocycles. The van der Waals surface area contributed by atoms with Crippen molar-refractivity contribution in [3.05, 3.63) is 21.3 Å². The molecule has 2 rings (SSSR count). The van der Waals surface area contributed by atoms with Gasteiger partial charge in [0.15, 0.2) is 0 Å². The van der Waals surface area contributed by atoms with E-state index in [2.05, 4.69) is 9.69 Å². The summed E-state index contributed by atoms with van der Waals surface area (Å²) in [6.07, 6.45) is 1.10. The first kappa shape index (κ1) is 7.06. The van der Waals surface area contributed by atoms with Crippen molar-refractivity contribution >= 4 is 11.5 Å². The van der Waals surface area contributed by atoms with E-state index in [1.165, 1.54) is 11.5 Å². The van der Waals surface area contributed by atoms with Gasteiger partial charge in [-0.1, -0.05) is 11.5 Å². The highest BCUT2D eigenvalue weighted by Crippen LogP contribution is 2.19. The lowest BCUT2D eigenvalue weighted by atomic mass is 10.0. The monoisotopic (exact) mass is 170 g/mol. The lowest BCUT2D eigenvalue weighted by Crippen LogP contribution is -2.13. The highest BCUT2D eigenvalue weighted by Gasteiger charge is 2.19. The van der Waals surface area contributed by atoms with Crippen LogP contribution in [0.15, 0.2) is 10.2 Å². The van der Waals surface area contributed by atoms with Crippen molar-refractivity contribution in [2.75, 3.05) is 13.1 Å². The summed E-state index contributed by atoms with van der Waals surface area (Å²) in [6.45, 7) is 2.00. The third-order valence-electron chi connectivity index (χ3n) is 2.10. The normalized spacial score (nSPS) is 24.2. The van der Waals surface area contributed by atoms with Crippen LogP contribution in [-0.2, 0) is 0 Å². The molecule has 1 unspecified atom stereocenters. The second-order valence-corrected chi connectivity index (χ2v) is 3.49. The van der Waals surface area contributed by atoms with Gasteiger partial charge in [0.1, 0.15) is 0 Å². The first-order chi connectivity index (χ1) is 5.38. The van der Waals surface area contributed by atoms with Crippen LogP contribution in [0, 0.1) is 0 Å². The van der Waals surface area contributed by atoms with Crippen LogP contribution in [0.25, 0.3) is 0 Å². The minimum atomic E-state index is 0.101. The summed E-state index contributed by atoms with van der Waals surface area (Å²) < 4.78 is 2.70. The molecular weight excluding hydrogens is 160 g/mol. The van der Waals surface area contributed by atoms with Gasteiger partial charge >= 0.3 is 0 Å². The van der Waals surface area contributed by atoms with E-state index in [0.29, 0.717) is 5.92 Å². The van der Waals surface area contributed by atoms with E-state index in [9.17, 15) is 4.79 Å². The van der Waals surface area contributed by atoms with Gasteiger partial charge in [-0.05, 0) is 13.0 Å². The Bertz CT molecular complexity index is 285. The molecule has 1 aliphatic rings. The molecule has 1 saturated heterocycles. The number of hydrogen-bond acceptors (Lipinski definition) is 3. The van der Waals surface area contributed by atoms with Crippen molar-refractivity contribution in [3.63, 3.8) is 0 Å². The predicted molar refractivity (Wildman–Crippen MR) is 45.2 cm³/mol. The summed E-state index contributed by atoms with van der Waals surface area (Å²) in [4.78, 5) is 11.1. The van der Waals surface area contributed by atoms with Gasteiger partial charge < -0.3 is 5.32 Å². The molecule has 0 saturated carbocycles. The molecule has 2 heterocycles. The lowest BCUT2D eigenvalue weighted by Gasteiger charge is -2.00. The zero-order valence-corrected chi connectivity index (χ0v) is 6.91. The Balaban J connectivity index is 2.28. The highest BCUT2D eigenvalue weighted by atomic mass is 32.1. The van der Waals surface area contributed by atoms with Crippen LogP contribution < -0.4 is 10.9 Å². The van der Waals surface area contributed by atoms with Gasteiger partial charge in [0.25, 0.3) is 5.56 Å². The van der Waals surface area contributed by atoms with E-state index in [1.54, 1.807) is 0 Å². The van der Waals surface area contributed by atoms with Crippen molar-refractivity contribution in [2.24, 2.45) is 0 Å². The molecular formula is C7H10N2OS. The Kier molecular flexibility index (Phi) is 1.79. The quantitative estimate of drug-likeness (QED) is 0.645. The zero-order chi connectivity index (χ0) is 7.68. The van der Waals surface area contributed by atoms with Gasteiger partial charge in [-0.25, -0.2) is 0 Å². The van der Waals surface area contributed by atoms with E-state index in [0.717, 1.165) is 25.1 Å². The molecule has 1 atom stereocenters. The molecule has 3 nitrogen and oxygen atoms in total. The van der Waals surface area contributed by atoms with Gasteiger partial charge in [0, 0.05) is 23.4 Å². The number of rotatable bonds is 1. The van der Waals surface area contributed by atoms with Crippen molar-refractivity contribution in [3.8, 4) is 0 Å². The average Bonchev–Trinajstić information content (AvgIpc) is 2.55. The Hall–Kier alpha value is -0.610. The van der Waals surface area contributed by atoms with E-state index >= 15 is 0 Å². The van der Waals surface area contributed by atoms with Gasteiger partial charge in [0.2, 0.25) is 0 Å². The summed E-state index contributed by atoms with van der Waals surface area (Å²) >= 11 is 1.39. The van der Waals surface area contributed by atoms with Crippen molar-refractivity contribution in [1.29, 1.82) is 0 Å². The van der Waals surface area contributed by atoms with Crippen molar-refractivity contribution in [1.82, 2.24) is 9.69 Å². The van der Waals surface area contributed by atoms with Crippen LogP contribution in [0.4, 0.5) is 0 Å². The second-order valence-electron chi connectivity index (χ2n) is 2.81. The van der Waals surface area contributed by atoms with Crippen molar-refractivity contribution in [2.45, 2.75) is 12.3 Å². The fourth-order valence-electron chi connectivity index (χ4n) is 1.46. The molecule has 11 heavy (non-hydrogen) atoms. The molecule has 0 amide bonds. The van der Waals surface area contributed by atoms with Crippen LogP contribution in [0.1, 0.15) is 17.9 Å². The van der Waals surface area contributed by atoms with Gasteiger partial charge in [0.05, 0.1) is 0 Å². The molecule has 1 fully saturated rings. The average molecular weight is 170 g/mol. The Morgan fingerprint density at radius 2 is 2.55 bits per heavy atom. The second kappa shape index (κ2) is 2.79. The van der Waals surface area contributed by atoms with Gasteiger partial charge in [-0.3, -0.25) is 9.17 Å². The first-order valence-electron chi connectivity index (χ1n) is 3.74. The maximum Gasteiger partial charge on any atom is 0.261 e. The van der Waals surface area contributed by atoms with Gasteiger partial charge in [-0.15, -0.1) is 0 Å². The number of H-pyrrole nitrogens is 1. The number of hydrogen-bond donors (Lipinski definition) is 2. The summed E-state index contributed by atoms with van der Waals surface area (Å²) in [6, 6.07) is 0. The highest BCUT2D eigenvalue weighted by molar-refractivity contribution is 7.03. The van der Waals surface area contributed by atoms with Crippen LogP contribution in [0.3, 0.4) is 0 Å². The fourth-order valence-corrected chi connectivity index (χ4v) is 2.17. The minimum absolute atomic E-state index is 0.101. The zero-order valence-electron chi connectivity index (χ0n) is 6.09. The maximum absolute atomic E-state index is 11.1. The molecule has 0 spiro atoms. The van der Waals surface area contributed by atoms with Crippen molar-refractivity contribution < 1.29 is 0 Å². The summed E-state index contributed by atoms with van der Waals surface area (Å²) in [5.74, 6) is 0.449. The SMILES string of the molecule is O=c1[nH]scc1C1CCNC1. The predicted octanol–water partition coefficient (Wildman–Crippen LogP) is 0.513. The van der Waals surface area contributed by atoms with Crippen LogP contribution in [0.5, 0.6) is 0 Å². The molecule has 0 aliphatic carbocycles. The Morgan fingerprint density at radius 3 is 3.09 bits per heavy atom. The molecule has 1 aromatic heterocycles. The van der Waals surface area contributed by atoms with Gasteiger partial charge in [-0.2, -0.15) is 0 Å². The standard InChI is InChI=1S/C7H10N2OS/c10-7-6(4-11-9-7)5-1-2-8-3-5/h4-5,8H,1-3H2,(H,9,10). The number of aromatic amines is 1. The largest absolute Gasteiger partial charge is 0.316 e. The first-order valence-corrected chi connectivity index (χ1v) is 4.62.